The molecule has 1 aromatic rings. The van der Waals surface area contributed by atoms with Gasteiger partial charge in [-0.05, 0) is 18.2 Å². The summed E-state index contributed by atoms with van der Waals surface area (Å²) < 4.78 is 13.7. The minimum Gasteiger partial charge on any atom is -0.480 e. The van der Waals surface area contributed by atoms with Gasteiger partial charge in [0.1, 0.15) is 11.9 Å². The summed E-state index contributed by atoms with van der Waals surface area (Å²) in [5, 5.41) is 15.3. The number of halogens is 2. The van der Waals surface area contributed by atoms with E-state index in [1.165, 1.54) is 18.2 Å². The molecule has 1 aliphatic rings. The lowest BCUT2D eigenvalue weighted by molar-refractivity contribution is -0.140. The standard InChI is InChI=1S/C11H12ClFN2O2/c12-6-1-2-8(13)7(5-6)9-10(11(16)17)15-4-3-14-9/h1-2,5,9-10,14-15H,3-4H2,(H,16,17). The Bertz CT molecular complexity index is 441. The van der Waals surface area contributed by atoms with Crippen molar-refractivity contribution in [1.29, 1.82) is 0 Å². The highest BCUT2D eigenvalue weighted by Gasteiger charge is 2.33. The molecule has 2 atom stereocenters. The molecule has 6 heteroatoms. The van der Waals surface area contributed by atoms with Crippen LogP contribution in [0.1, 0.15) is 11.6 Å². The van der Waals surface area contributed by atoms with Crippen molar-refractivity contribution in [1.82, 2.24) is 10.6 Å². The largest absolute Gasteiger partial charge is 0.480 e. The van der Waals surface area contributed by atoms with Gasteiger partial charge < -0.3 is 15.7 Å². The Morgan fingerprint density at radius 3 is 2.82 bits per heavy atom. The Labute approximate surface area is 103 Å². The molecule has 1 aromatic carbocycles. The first-order chi connectivity index (χ1) is 8.09. The molecule has 0 aliphatic carbocycles. The number of carbonyl (C=O) groups is 1. The van der Waals surface area contributed by atoms with Crippen LogP contribution in [0.2, 0.25) is 5.02 Å². The SMILES string of the molecule is O=C(O)C1NCCNC1c1cc(Cl)ccc1F. The van der Waals surface area contributed by atoms with Crippen molar-refractivity contribution in [2.45, 2.75) is 12.1 Å². The Morgan fingerprint density at radius 1 is 1.41 bits per heavy atom. The van der Waals surface area contributed by atoms with Crippen molar-refractivity contribution < 1.29 is 14.3 Å². The van der Waals surface area contributed by atoms with E-state index in [0.29, 0.717) is 18.1 Å². The molecule has 1 heterocycles. The average Bonchev–Trinajstić information content (AvgIpc) is 2.32. The van der Waals surface area contributed by atoms with Crippen LogP contribution >= 0.6 is 11.6 Å². The maximum atomic E-state index is 13.7. The molecule has 0 bridgehead atoms. The van der Waals surface area contributed by atoms with Crippen LogP contribution in [0.4, 0.5) is 4.39 Å². The molecule has 2 unspecified atom stereocenters. The zero-order chi connectivity index (χ0) is 12.4. The van der Waals surface area contributed by atoms with Crippen LogP contribution in [0.5, 0.6) is 0 Å². The Hall–Kier alpha value is -1.17. The van der Waals surface area contributed by atoms with Gasteiger partial charge in [0.25, 0.3) is 0 Å². The molecule has 1 fully saturated rings. The van der Waals surface area contributed by atoms with Crippen molar-refractivity contribution in [3.8, 4) is 0 Å². The number of hydrogen-bond donors (Lipinski definition) is 3. The molecule has 0 amide bonds. The first-order valence-corrected chi connectivity index (χ1v) is 5.62. The fourth-order valence-corrected chi connectivity index (χ4v) is 2.14. The van der Waals surface area contributed by atoms with Crippen molar-refractivity contribution in [2.24, 2.45) is 0 Å². The van der Waals surface area contributed by atoms with Crippen molar-refractivity contribution in [2.75, 3.05) is 13.1 Å². The topological polar surface area (TPSA) is 61.4 Å². The van der Waals surface area contributed by atoms with Gasteiger partial charge in [0.05, 0.1) is 6.04 Å². The average molecular weight is 259 g/mol. The smallest absolute Gasteiger partial charge is 0.322 e. The van der Waals surface area contributed by atoms with Crippen LogP contribution in [-0.4, -0.2) is 30.2 Å². The number of carboxylic acid groups (broad SMARTS) is 1. The predicted molar refractivity (Wildman–Crippen MR) is 61.6 cm³/mol. The highest BCUT2D eigenvalue weighted by atomic mass is 35.5. The third-order valence-corrected chi connectivity index (χ3v) is 2.98. The van der Waals surface area contributed by atoms with E-state index in [1.807, 2.05) is 0 Å². The summed E-state index contributed by atoms with van der Waals surface area (Å²) >= 11 is 5.80. The normalized spacial score (nSPS) is 24.6. The first-order valence-electron chi connectivity index (χ1n) is 5.24. The van der Waals surface area contributed by atoms with Gasteiger partial charge in [0, 0.05) is 23.7 Å². The number of hydrogen-bond acceptors (Lipinski definition) is 3. The van der Waals surface area contributed by atoms with Gasteiger partial charge in [-0.15, -0.1) is 0 Å². The molecule has 0 aromatic heterocycles. The van der Waals surface area contributed by atoms with E-state index in [9.17, 15) is 9.18 Å². The Morgan fingerprint density at radius 2 is 2.12 bits per heavy atom. The predicted octanol–water partition coefficient (Wildman–Crippen LogP) is 1.17. The van der Waals surface area contributed by atoms with Crippen molar-refractivity contribution >= 4 is 17.6 Å². The minimum absolute atomic E-state index is 0.275. The van der Waals surface area contributed by atoms with Crippen LogP contribution in [0.25, 0.3) is 0 Å². The highest BCUT2D eigenvalue weighted by molar-refractivity contribution is 6.30. The lowest BCUT2D eigenvalue weighted by Gasteiger charge is -2.31. The molecule has 1 aliphatic heterocycles. The molecule has 92 valence electrons. The summed E-state index contributed by atoms with van der Waals surface area (Å²) in [4.78, 5) is 11.1. The van der Waals surface area contributed by atoms with Crippen molar-refractivity contribution in [3.05, 3.63) is 34.6 Å². The molecule has 3 N–H and O–H groups in total. The summed E-state index contributed by atoms with van der Waals surface area (Å²) in [5.41, 5.74) is 0.275. The van der Waals surface area contributed by atoms with E-state index in [1.54, 1.807) is 0 Å². The second-order valence-corrected chi connectivity index (χ2v) is 4.30. The van der Waals surface area contributed by atoms with E-state index in [4.69, 9.17) is 16.7 Å². The summed E-state index contributed by atoms with van der Waals surface area (Å²) in [5.74, 6) is -1.47. The number of piperazine rings is 1. The zero-order valence-electron chi connectivity index (χ0n) is 8.91. The summed E-state index contributed by atoms with van der Waals surface area (Å²) in [7, 11) is 0. The number of aliphatic carboxylic acids is 1. The molecular weight excluding hydrogens is 247 g/mol. The van der Waals surface area contributed by atoms with Crippen LogP contribution < -0.4 is 10.6 Å². The monoisotopic (exact) mass is 258 g/mol. The third kappa shape index (κ3) is 2.57. The molecule has 2 rings (SSSR count). The van der Waals surface area contributed by atoms with Gasteiger partial charge in [-0.1, -0.05) is 11.6 Å². The fourth-order valence-electron chi connectivity index (χ4n) is 1.96. The summed E-state index contributed by atoms with van der Waals surface area (Å²) in [6, 6.07) is 2.67. The maximum Gasteiger partial charge on any atom is 0.322 e. The number of rotatable bonds is 2. The van der Waals surface area contributed by atoms with Crippen LogP contribution in [0.3, 0.4) is 0 Å². The molecular formula is C11H12ClFN2O2. The van der Waals surface area contributed by atoms with Crippen molar-refractivity contribution in [3.63, 3.8) is 0 Å². The second-order valence-electron chi connectivity index (χ2n) is 3.87. The Balaban J connectivity index is 2.35. The summed E-state index contributed by atoms with van der Waals surface area (Å²) in [6.45, 7) is 1.12. The van der Waals surface area contributed by atoms with Gasteiger partial charge in [-0.25, -0.2) is 4.39 Å². The molecule has 0 spiro atoms. The lowest BCUT2D eigenvalue weighted by Crippen LogP contribution is -2.54. The zero-order valence-corrected chi connectivity index (χ0v) is 9.67. The molecule has 4 nitrogen and oxygen atoms in total. The molecule has 17 heavy (non-hydrogen) atoms. The second kappa shape index (κ2) is 5.00. The Kier molecular flexibility index (Phi) is 3.61. The molecule has 0 saturated carbocycles. The number of nitrogens with one attached hydrogen (secondary N) is 2. The van der Waals surface area contributed by atoms with Crippen LogP contribution in [0, 0.1) is 5.82 Å². The van der Waals surface area contributed by atoms with Gasteiger partial charge in [0.15, 0.2) is 0 Å². The molecule has 0 radical (unpaired) electrons. The van der Waals surface area contributed by atoms with E-state index >= 15 is 0 Å². The number of benzene rings is 1. The quantitative estimate of drug-likeness (QED) is 0.745. The lowest BCUT2D eigenvalue weighted by atomic mass is 9.97. The van der Waals surface area contributed by atoms with E-state index < -0.39 is 23.9 Å². The van der Waals surface area contributed by atoms with Gasteiger partial charge in [-0.2, -0.15) is 0 Å². The van der Waals surface area contributed by atoms with Gasteiger partial charge in [-0.3, -0.25) is 4.79 Å². The van der Waals surface area contributed by atoms with Gasteiger partial charge in [0.2, 0.25) is 0 Å². The third-order valence-electron chi connectivity index (χ3n) is 2.75. The van der Waals surface area contributed by atoms with Crippen LogP contribution in [-0.2, 0) is 4.79 Å². The van der Waals surface area contributed by atoms with Crippen LogP contribution in [0.15, 0.2) is 18.2 Å². The highest BCUT2D eigenvalue weighted by Crippen LogP contribution is 2.25. The minimum atomic E-state index is -1.01. The fraction of sp³-hybridized carbons (Fsp3) is 0.364. The number of carboxylic acids is 1. The maximum absolute atomic E-state index is 13.7. The molecule has 1 saturated heterocycles. The van der Waals surface area contributed by atoms with E-state index in [2.05, 4.69) is 10.6 Å². The van der Waals surface area contributed by atoms with E-state index in [0.717, 1.165) is 0 Å². The van der Waals surface area contributed by atoms with E-state index in [-0.39, 0.29) is 5.56 Å². The summed E-state index contributed by atoms with van der Waals surface area (Å²) in [6.07, 6.45) is 0. The first kappa shape index (κ1) is 12.3. The van der Waals surface area contributed by atoms with Gasteiger partial charge >= 0.3 is 5.97 Å².